The first-order valence-electron chi connectivity index (χ1n) is 7.69. The number of carbonyl (C=O) groups excluding carboxylic acids is 2. The Morgan fingerprint density at radius 3 is 2.36 bits per heavy atom. The van der Waals surface area contributed by atoms with Gasteiger partial charge in [-0.3, -0.25) is 9.59 Å². The van der Waals surface area contributed by atoms with Gasteiger partial charge in [-0.2, -0.15) is 0 Å². The quantitative estimate of drug-likeness (QED) is 0.856. The number of aryl methyl sites for hydroxylation is 1. The zero-order chi connectivity index (χ0) is 18.8. The van der Waals surface area contributed by atoms with Gasteiger partial charge in [-0.1, -0.05) is 29.5 Å². The third kappa shape index (κ3) is 4.60. The minimum absolute atomic E-state index is 0.133. The summed E-state index contributed by atoms with van der Waals surface area (Å²) in [6, 6.07) is 6.66. The maximum Gasteiger partial charge on any atom is 0.240 e. The number of amides is 2. The van der Waals surface area contributed by atoms with E-state index in [-0.39, 0.29) is 34.1 Å². The van der Waals surface area contributed by atoms with E-state index in [1.807, 2.05) is 6.92 Å². The Morgan fingerprint density at radius 2 is 1.84 bits per heavy atom. The molecular weight excluding hydrogens is 362 g/mol. The topological polar surface area (TPSA) is 95.9 Å². The van der Waals surface area contributed by atoms with E-state index in [4.69, 9.17) is 0 Å². The molecule has 2 rings (SSSR count). The molecule has 1 aliphatic rings. The maximum atomic E-state index is 12.6. The van der Waals surface area contributed by atoms with Crippen molar-refractivity contribution in [3.63, 3.8) is 0 Å². The molecule has 9 heteroatoms. The van der Waals surface area contributed by atoms with Crippen molar-refractivity contribution in [2.75, 3.05) is 5.75 Å². The van der Waals surface area contributed by atoms with Crippen molar-refractivity contribution in [1.82, 2.24) is 10.3 Å². The Kier molecular flexibility index (Phi) is 5.58. The third-order valence-corrected chi connectivity index (χ3v) is 6.68. The van der Waals surface area contributed by atoms with Crippen molar-refractivity contribution in [1.29, 1.82) is 0 Å². The number of hydrogen-bond donors (Lipinski definition) is 1. The third-order valence-electron chi connectivity index (χ3n) is 3.75. The molecule has 1 aromatic rings. The number of rotatable bonds is 4. The lowest BCUT2D eigenvalue weighted by molar-refractivity contribution is -0.131. The molecule has 0 aromatic heterocycles. The van der Waals surface area contributed by atoms with Gasteiger partial charge in [0.15, 0.2) is 15.0 Å². The van der Waals surface area contributed by atoms with Crippen LogP contribution < -0.4 is 5.32 Å². The van der Waals surface area contributed by atoms with Gasteiger partial charge in [0, 0.05) is 13.8 Å². The van der Waals surface area contributed by atoms with Gasteiger partial charge < -0.3 is 5.32 Å². The second-order valence-corrected chi connectivity index (χ2v) is 9.66. The highest BCUT2D eigenvalue weighted by atomic mass is 32.2. The smallest absolute Gasteiger partial charge is 0.240 e. The summed E-state index contributed by atoms with van der Waals surface area (Å²) >= 11 is 1.17. The summed E-state index contributed by atoms with van der Waals surface area (Å²) in [6.45, 7) is 6.33. The van der Waals surface area contributed by atoms with Crippen LogP contribution in [0.5, 0.6) is 0 Å². The van der Waals surface area contributed by atoms with Crippen LogP contribution in [0.3, 0.4) is 0 Å². The van der Waals surface area contributed by atoms with E-state index >= 15 is 0 Å². The summed E-state index contributed by atoms with van der Waals surface area (Å²) in [6.07, 6.45) is 0.181. The molecule has 7 nitrogen and oxygen atoms in total. The lowest BCUT2D eigenvalue weighted by atomic mass is 10.2. The maximum absolute atomic E-state index is 12.6. The Bertz CT molecular complexity index is 818. The van der Waals surface area contributed by atoms with Gasteiger partial charge in [-0.25, -0.2) is 13.4 Å². The van der Waals surface area contributed by atoms with E-state index in [9.17, 15) is 18.0 Å². The Morgan fingerprint density at radius 1 is 1.24 bits per heavy atom. The van der Waals surface area contributed by atoms with Crippen LogP contribution in [0.1, 0.15) is 32.8 Å². The fraction of sp³-hybridized carbons (Fsp3) is 0.438. The molecule has 1 N–H and O–H groups in total. The van der Waals surface area contributed by atoms with Crippen molar-refractivity contribution < 1.29 is 18.0 Å². The summed E-state index contributed by atoms with van der Waals surface area (Å²) in [5, 5.41) is 8.17. The number of hydrogen-bond acceptors (Lipinski definition) is 6. The number of hydrazone groups is 1. The zero-order valence-corrected chi connectivity index (χ0v) is 16.2. The van der Waals surface area contributed by atoms with E-state index in [1.165, 1.54) is 30.6 Å². The monoisotopic (exact) mass is 383 g/mol. The number of carbonyl (C=O) groups is 2. The summed E-state index contributed by atoms with van der Waals surface area (Å²) in [4.78, 5) is 22.5. The summed E-state index contributed by atoms with van der Waals surface area (Å²) in [7, 11) is -3.48. The molecule has 0 bridgehead atoms. The highest BCUT2D eigenvalue weighted by Gasteiger charge is 2.43. The average molecular weight is 383 g/mol. The molecule has 0 saturated carbocycles. The molecule has 0 fully saturated rings. The molecule has 136 valence electrons. The number of thioether (sulfide) groups is 1. The molecule has 1 heterocycles. The van der Waals surface area contributed by atoms with E-state index in [0.717, 1.165) is 5.56 Å². The Labute approximate surface area is 151 Å². The lowest BCUT2D eigenvalue weighted by Gasteiger charge is -2.30. The SMILES string of the molecule is CC(=O)NC1=NN(C(C)=O)[C@](C)(CCS(=O)(=O)c2ccc(C)cc2)S1. The molecule has 0 saturated heterocycles. The van der Waals surface area contributed by atoms with Crippen molar-refractivity contribution >= 4 is 38.6 Å². The van der Waals surface area contributed by atoms with E-state index in [1.54, 1.807) is 31.2 Å². The van der Waals surface area contributed by atoms with Crippen molar-refractivity contribution in [3.05, 3.63) is 29.8 Å². The summed E-state index contributed by atoms with van der Waals surface area (Å²) in [5.74, 6) is -0.749. The second kappa shape index (κ2) is 7.17. The van der Waals surface area contributed by atoms with Crippen LogP contribution in [0.15, 0.2) is 34.3 Å². The van der Waals surface area contributed by atoms with Gasteiger partial charge in [0.25, 0.3) is 0 Å². The second-order valence-electron chi connectivity index (χ2n) is 6.08. The first-order chi connectivity index (χ1) is 11.5. The largest absolute Gasteiger partial charge is 0.304 e. The molecule has 1 aromatic carbocycles. The molecule has 0 spiro atoms. The molecule has 2 amide bonds. The van der Waals surface area contributed by atoms with Gasteiger partial charge in [0.05, 0.1) is 10.6 Å². The Balaban J connectivity index is 2.16. The molecular formula is C16H21N3O4S2. The highest BCUT2D eigenvalue weighted by molar-refractivity contribution is 8.15. The van der Waals surface area contributed by atoms with Crippen molar-refractivity contribution in [2.45, 2.75) is 43.9 Å². The number of sulfone groups is 1. The molecule has 1 atom stereocenters. The van der Waals surface area contributed by atoms with Crippen LogP contribution in [0.2, 0.25) is 0 Å². The number of amidine groups is 1. The minimum atomic E-state index is -3.48. The van der Waals surface area contributed by atoms with Gasteiger partial charge in [0.2, 0.25) is 11.8 Å². The number of benzene rings is 1. The van der Waals surface area contributed by atoms with Crippen molar-refractivity contribution in [2.24, 2.45) is 5.10 Å². The lowest BCUT2D eigenvalue weighted by Crippen LogP contribution is -2.41. The molecule has 1 aliphatic heterocycles. The summed E-state index contributed by atoms with van der Waals surface area (Å²) in [5.41, 5.74) is 0.980. The van der Waals surface area contributed by atoms with Crippen LogP contribution >= 0.6 is 11.8 Å². The number of nitrogens with zero attached hydrogens (tertiary/aromatic N) is 2. The standard InChI is InChI=1S/C16H21N3O4S2/c1-11-5-7-14(8-6-11)25(22,23)10-9-16(4)19(13(3)21)18-15(24-16)17-12(2)20/h5-8H,9-10H2,1-4H3,(H,17,18,20)/t16-/m0/s1. The summed E-state index contributed by atoms with van der Waals surface area (Å²) < 4.78 is 25.1. The normalized spacial score (nSPS) is 20.3. The first kappa shape index (κ1) is 19.5. The predicted octanol–water partition coefficient (Wildman–Crippen LogP) is 1.88. The van der Waals surface area contributed by atoms with Gasteiger partial charge in [-0.15, -0.1) is 5.10 Å². The first-order valence-corrected chi connectivity index (χ1v) is 10.2. The van der Waals surface area contributed by atoms with Crippen LogP contribution in [-0.4, -0.2) is 41.0 Å². The van der Waals surface area contributed by atoms with E-state index in [0.29, 0.717) is 0 Å². The van der Waals surface area contributed by atoms with E-state index < -0.39 is 14.7 Å². The molecule has 0 aliphatic carbocycles. The highest BCUT2D eigenvalue weighted by Crippen LogP contribution is 2.39. The van der Waals surface area contributed by atoms with Crippen LogP contribution in [0.4, 0.5) is 0 Å². The van der Waals surface area contributed by atoms with Crippen LogP contribution in [0.25, 0.3) is 0 Å². The van der Waals surface area contributed by atoms with Crippen molar-refractivity contribution in [3.8, 4) is 0 Å². The molecule has 0 radical (unpaired) electrons. The van der Waals surface area contributed by atoms with Gasteiger partial charge in [0.1, 0.15) is 4.87 Å². The fourth-order valence-corrected chi connectivity index (χ4v) is 5.19. The van der Waals surface area contributed by atoms with Crippen LogP contribution in [-0.2, 0) is 19.4 Å². The van der Waals surface area contributed by atoms with Gasteiger partial charge in [-0.05, 0) is 32.4 Å². The molecule has 25 heavy (non-hydrogen) atoms. The fourth-order valence-electron chi connectivity index (χ4n) is 2.42. The average Bonchev–Trinajstić information content (AvgIpc) is 2.82. The van der Waals surface area contributed by atoms with Gasteiger partial charge >= 0.3 is 0 Å². The predicted molar refractivity (Wildman–Crippen MR) is 97.6 cm³/mol. The van der Waals surface area contributed by atoms with E-state index in [2.05, 4.69) is 10.4 Å². The number of nitrogens with one attached hydrogen (secondary N) is 1. The zero-order valence-electron chi connectivity index (χ0n) is 14.6. The van der Waals surface area contributed by atoms with Crippen LogP contribution in [0, 0.1) is 6.92 Å². The minimum Gasteiger partial charge on any atom is -0.304 e. The Hall–Kier alpha value is -1.87. The molecule has 0 unspecified atom stereocenters.